The average Bonchev–Trinajstić information content (AvgIpc) is 3.20. The lowest BCUT2D eigenvalue weighted by atomic mass is 9.93. The topological polar surface area (TPSA) is 67.2 Å². The van der Waals surface area contributed by atoms with E-state index in [0.717, 1.165) is 29.8 Å². The van der Waals surface area contributed by atoms with Gasteiger partial charge in [0, 0.05) is 32.3 Å². The van der Waals surface area contributed by atoms with Crippen LogP contribution in [0.2, 0.25) is 0 Å². The molecule has 0 unspecified atom stereocenters. The summed E-state index contributed by atoms with van der Waals surface area (Å²) in [6, 6.07) is 19.7. The van der Waals surface area contributed by atoms with Gasteiger partial charge in [-0.25, -0.2) is 4.68 Å². The third-order valence-corrected chi connectivity index (χ3v) is 5.86. The lowest BCUT2D eigenvalue weighted by Gasteiger charge is -2.31. The van der Waals surface area contributed by atoms with Gasteiger partial charge in [0.1, 0.15) is 0 Å². The van der Waals surface area contributed by atoms with Gasteiger partial charge in [-0.05, 0) is 43.4 Å². The molecule has 31 heavy (non-hydrogen) atoms. The zero-order valence-corrected chi connectivity index (χ0v) is 17.8. The van der Waals surface area contributed by atoms with E-state index in [-0.39, 0.29) is 11.8 Å². The van der Waals surface area contributed by atoms with Gasteiger partial charge in [0.15, 0.2) is 0 Å². The van der Waals surface area contributed by atoms with Crippen molar-refractivity contribution in [3.8, 4) is 5.69 Å². The van der Waals surface area contributed by atoms with E-state index >= 15 is 0 Å². The first-order valence-electron chi connectivity index (χ1n) is 10.8. The SMILES string of the molecule is Cc1nn(-c2ccccc2)cc1C(=O)N1CCC(CC(=O)NCc2ccccc2)CC1. The highest BCUT2D eigenvalue weighted by molar-refractivity contribution is 5.95. The Morgan fingerprint density at radius 2 is 1.65 bits per heavy atom. The molecule has 2 heterocycles. The first-order valence-corrected chi connectivity index (χ1v) is 10.8. The van der Waals surface area contributed by atoms with Gasteiger partial charge in [-0.2, -0.15) is 5.10 Å². The number of hydrogen-bond acceptors (Lipinski definition) is 3. The summed E-state index contributed by atoms with van der Waals surface area (Å²) < 4.78 is 1.76. The van der Waals surface area contributed by atoms with Crippen LogP contribution in [-0.2, 0) is 11.3 Å². The molecule has 1 aliphatic rings. The highest BCUT2D eigenvalue weighted by Crippen LogP contribution is 2.23. The minimum Gasteiger partial charge on any atom is -0.352 e. The van der Waals surface area contributed by atoms with Crippen LogP contribution in [-0.4, -0.2) is 39.6 Å². The number of para-hydroxylation sites is 1. The molecule has 2 aromatic carbocycles. The van der Waals surface area contributed by atoms with E-state index in [1.54, 1.807) is 4.68 Å². The summed E-state index contributed by atoms with van der Waals surface area (Å²) in [7, 11) is 0. The zero-order chi connectivity index (χ0) is 21.6. The summed E-state index contributed by atoms with van der Waals surface area (Å²) in [5, 5.41) is 7.51. The Kier molecular flexibility index (Phi) is 6.46. The highest BCUT2D eigenvalue weighted by atomic mass is 16.2. The van der Waals surface area contributed by atoms with E-state index in [1.165, 1.54) is 0 Å². The smallest absolute Gasteiger partial charge is 0.257 e. The normalized spacial score (nSPS) is 14.4. The molecule has 0 aliphatic carbocycles. The van der Waals surface area contributed by atoms with Gasteiger partial charge >= 0.3 is 0 Å². The first-order chi connectivity index (χ1) is 15.1. The Morgan fingerprint density at radius 3 is 2.32 bits per heavy atom. The van der Waals surface area contributed by atoms with E-state index in [2.05, 4.69) is 10.4 Å². The number of rotatable bonds is 6. The minimum atomic E-state index is 0.0201. The molecule has 1 N–H and O–H groups in total. The molecule has 1 aliphatic heterocycles. The van der Waals surface area contributed by atoms with Crippen LogP contribution in [0.1, 0.15) is 40.9 Å². The predicted molar refractivity (Wildman–Crippen MR) is 120 cm³/mol. The molecule has 1 saturated heterocycles. The van der Waals surface area contributed by atoms with E-state index in [0.29, 0.717) is 37.5 Å². The summed E-state index contributed by atoms with van der Waals surface area (Å²) in [4.78, 5) is 27.2. The van der Waals surface area contributed by atoms with Gasteiger partial charge in [0.2, 0.25) is 5.91 Å². The lowest BCUT2D eigenvalue weighted by Crippen LogP contribution is -2.39. The monoisotopic (exact) mass is 416 g/mol. The first kappa shape index (κ1) is 20.8. The Labute approximate surface area is 182 Å². The van der Waals surface area contributed by atoms with Crippen LogP contribution in [0.25, 0.3) is 5.69 Å². The van der Waals surface area contributed by atoms with Gasteiger partial charge in [-0.1, -0.05) is 48.5 Å². The van der Waals surface area contributed by atoms with Crippen LogP contribution in [0.15, 0.2) is 66.9 Å². The van der Waals surface area contributed by atoms with Crippen molar-refractivity contribution < 1.29 is 9.59 Å². The largest absolute Gasteiger partial charge is 0.352 e. The highest BCUT2D eigenvalue weighted by Gasteiger charge is 2.27. The van der Waals surface area contributed by atoms with Crippen molar-refractivity contribution in [2.24, 2.45) is 5.92 Å². The van der Waals surface area contributed by atoms with Gasteiger partial charge in [-0.15, -0.1) is 0 Å². The fraction of sp³-hybridized carbons (Fsp3) is 0.320. The number of piperidine rings is 1. The number of benzene rings is 2. The maximum Gasteiger partial charge on any atom is 0.257 e. The molecule has 0 saturated carbocycles. The molecular formula is C25H28N4O2. The minimum absolute atomic E-state index is 0.0201. The van der Waals surface area contributed by atoms with E-state index < -0.39 is 0 Å². The number of hydrogen-bond donors (Lipinski definition) is 1. The number of likely N-dealkylation sites (tertiary alicyclic amines) is 1. The molecule has 160 valence electrons. The van der Waals surface area contributed by atoms with Gasteiger partial charge in [0.05, 0.1) is 16.9 Å². The number of aromatic nitrogens is 2. The van der Waals surface area contributed by atoms with Crippen molar-refractivity contribution in [3.05, 3.63) is 83.7 Å². The Bertz CT molecular complexity index is 1020. The van der Waals surface area contributed by atoms with Crippen LogP contribution < -0.4 is 5.32 Å². The van der Waals surface area contributed by atoms with E-state index in [9.17, 15) is 9.59 Å². The van der Waals surface area contributed by atoms with Crippen molar-refractivity contribution in [2.75, 3.05) is 13.1 Å². The van der Waals surface area contributed by atoms with E-state index in [4.69, 9.17) is 0 Å². The fourth-order valence-electron chi connectivity index (χ4n) is 4.02. The van der Waals surface area contributed by atoms with E-state index in [1.807, 2.05) is 78.7 Å². The number of aryl methyl sites for hydroxylation is 1. The van der Waals surface area contributed by atoms with Crippen molar-refractivity contribution >= 4 is 11.8 Å². The van der Waals surface area contributed by atoms with Gasteiger partial charge < -0.3 is 10.2 Å². The predicted octanol–water partition coefficient (Wildman–Crippen LogP) is 3.74. The molecule has 4 rings (SSSR count). The maximum absolute atomic E-state index is 13.0. The van der Waals surface area contributed by atoms with Crippen molar-refractivity contribution in [1.29, 1.82) is 0 Å². The van der Waals surface area contributed by atoms with Gasteiger partial charge in [-0.3, -0.25) is 9.59 Å². The molecule has 2 amide bonds. The molecule has 3 aromatic rings. The molecule has 6 nitrogen and oxygen atoms in total. The molecule has 1 aromatic heterocycles. The number of carbonyl (C=O) groups excluding carboxylic acids is 2. The Hall–Kier alpha value is -3.41. The molecule has 1 fully saturated rings. The Morgan fingerprint density at radius 1 is 1.00 bits per heavy atom. The second kappa shape index (κ2) is 9.60. The van der Waals surface area contributed by atoms with Crippen molar-refractivity contribution in [2.45, 2.75) is 32.7 Å². The third-order valence-electron chi connectivity index (χ3n) is 5.86. The molecular weight excluding hydrogens is 388 g/mol. The molecule has 0 bridgehead atoms. The van der Waals surface area contributed by atoms with Gasteiger partial charge in [0.25, 0.3) is 5.91 Å². The second-order valence-electron chi connectivity index (χ2n) is 8.11. The second-order valence-corrected chi connectivity index (χ2v) is 8.11. The Balaban J connectivity index is 1.28. The standard InChI is InChI=1S/C25H28N4O2/c1-19-23(18-29(27-19)22-10-6-3-7-11-22)25(31)28-14-12-20(13-15-28)16-24(30)26-17-21-8-4-2-5-9-21/h2-11,18,20H,12-17H2,1H3,(H,26,30). The molecule has 0 atom stereocenters. The summed E-state index contributed by atoms with van der Waals surface area (Å²) in [5.74, 6) is 0.410. The summed E-state index contributed by atoms with van der Waals surface area (Å²) >= 11 is 0. The lowest BCUT2D eigenvalue weighted by molar-refractivity contribution is -0.122. The van der Waals surface area contributed by atoms with Crippen LogP contribution in [0.4, 0.5) is 0 Å². The molecule has 6 heteroatoms. The fourth-order valence-corrected chi connectivity index (χ4v) is 4.02. The van der Waals surface area contributed by atoms with Crippen LogP contribution in [0, 0.1) is 12.8 Å². The van der Waals surface area contributed by atoms with Crippen molar-refractivity contribution in [1.82, 2.24) is 20.0 Å². The van der Waals surface area contributed by atoms with Crippen LogP contribution in [0.3, 0.4) is 0 Å². The number of nitrogens with one attached hydrogen (secondary N) is 1. The van der Waals surface area contributed by atoms with Crippen molar-refractivity contribution in [3.63, 3.8) is 0 Å². The summed E-state index contributed by atoms with van der Waals surface area (Å²) in [6.07, 6.45) is 4.02. The number of carbonyl (C=O) groups is 2. The zero-order valence-electron chi connectivity index (χ0n) is 17.8. The third kappa shape index (κ3) is 5.20. The summed E-state index contributed by atoms with van der Waals surface area (Å²) in [6.45, 7) is 3.77. The molecule has 0 radical (unpaired) electrons. The molecule has 0 spiro atoms. The van der Waals surface area contributed by atoms with Crippen LogP contribution >= 0.6 is 0 Å². The summed E-state index contributed by atoms with van der Waals surface area (Å²) in [5.41, 5.74) is 3.41. The number of amides is 2. The average molecular weight is 417 g/mol. The maximum atomic E-state index is 13.0. The quantitative estimate of drug-likeness (QED) is 0.666. The number of nitrogens with zero attached hydrogens (tertiary/aromatic N) is 3. The van der Waals surface area contributed by atoms with Crippen LogP contribution in [0.5, 0.6) is 0 Å².